The first-order valence-corrected chi connectivity index (χ1v) is 10.6. The van der Waals surface area contributed by atoms with Crippen molar-refractivity contribution in [3.8, 4) is 0 Å². The van der Waals surface area contributed by atoms with Crippen molar-refractivity contribution in [3.05, 3.63) is 34.6 Å². The topological polar surface area (TPSA) is 72.7 Å². The van der Waals surface area contributed by atoms with Crippen LogP contribution in [0.2, 0.25) is 5.02 Å². The van der Waals surface area contributed by atoms with E-state index in [1.807, 2.05) is 36.8 Å². The molecule has 1 aromatic heterocycles. The SMILES string of the molecule is Cc1ccc(NC(=O)CC23C[C@H]4C[C@@H](C2)CC(n2nnc(C)n2)(C4)C3)c(Cl)c1. The van der Waals surface area contributed by atoms with Gasteiger partial charge in [0.25, 0.3) is 0 Å². The number of nitrogens with zero attached hydrogens (tertiary/aromatic N) is 4. The van der Waals surface area contributed by atoms with Gasteiger partial charge in [0.15, 0.2) is 5.82 Å². The zero-order valence-corrected chi connectivity index (χ0v) is 17.2. The largest absolute Gasteiger partial charge is 0.325 e. The molecule has 7 heteroatoms. The summed E-state index contributed by atoms with van der Waals surface area (Å²) in [5.41, 5.74) is 1.76. The number of carbonyl (C=O) groups excluding carboxylic acids is 1. The maximum absolute atomic E-state index is 13.0. The summed E-state index contributed by atoms with van der Waals surface area (Å²) in [6.07, 6.45) is 7.29. The minimum atomic E-state index is -0.0624. The van der Waals surface area contributed by atoms with Gasteiger partial charge in [-0.2, -0.15) is 4.80 Å². The zero-order chi connectivity index (χ0) is 19.5. The first-order chi connectivity index (χ1) is 13.3. The molecule has 4 bridgehead atoms. The molecule has 2 unspecified atom stereocenters. The lowest BCUT2D eigenvalue weighted by Gasteiger charge is -2.61. The molecule has 4 aliphatic rings. The average molecular weight is 400 g/mol. The quantitative estimate of drug-likeness (QED) is 0.833. The molecule has 1 heterocycles. The van der Waals surface area contributed by atoms with Crippen LogP contribution in [0.5, 0.6) is 0 Å². The second-order valence-corrected chi connectivity index (χ2v) is 9.93. The molecule has 4 aliphatic carbocycles. The second kappa shape index (κ2) is 6.28. The number of aryl methyl sites for hydroxylation is 2. The van der Waals surface area contributed by atoms with E-state index in [1.54, 1.807) is 0 Å². The van der Waals surface area contributed by atoms with Crippen LogP contribution in [0.4, 0.5) is 5.69 Å². The van der Waals surface area contributed by atoms with Gasteiger partial charge in [0.05, 0.1) is 16.2 Å². The predicted molar refractivity (Wildman–Crippen MR) is 107 cm³/mol. The van der Waals surface area contributed by atoms with Gasteiger partial charge in [0.2, 0.25) is 5.91 Å². The number of hydrogen-bond acceptors (Lipinski definition) is 4. The fraction of sp³-hybridized carbons (Fsp3) is 0.619. The highest BCUT2D eigenvalue weighted by molar-refractivity contribution is 6.33. The molecule has 0 aliphatic heterocycles. The number of tetrazole rings is 1. The minimum Gasteiger partial charge on any atom is -0.325 e. The van der Waals surface area contributed by atoms with Crippen LogP contribution in [0.15, 0.2) is 18.2 Å². The number of benzene rings is 1. The van der Waals surface area contributed by atoms with Gasteiger partial charge in [-0.05, 0) is 92.5 Å². The average Bonchev–Trinajstić information content (AvgIpc) is 3.03. The minimum absolute atomic E-state index is 0.0346. The van der Waals surface area contributed by atoms with Crippen LogP contribution in [0.25, 0.3) is 0 Å². The van der Waals surface area contributed by atoms with E-state index < -0.39 is 0 Å². The summed E-state index contributed by atoms with van der Waals surface area (Å²) in [5, 5.41) is 16.7. The number of nitrogens with one attached hydrogen (secondary N) is 1. The van der Waals surface area contributed by atoms with Crippen LogP contribution < -0.4 is 5.32 Å². The van der Waals surface area contributed by atoms with Crippen molar-refractivity contribution in [3.63, 3.8) is 0 Å². The molecule has 6 nitrogen and oxygen atoms in total. The Labute approximate surface area is 170 Å². The van der Waals surface area contributed by atoms with Crippen LogP contribution in [-0.2, 0) is 10.3 Å². The van der Waals surface area contributed by atoms with E-state index >= 15 is 0 Å². The molecule has 4 atom stereocenters. The third-order valence-corrected chi connectivity index (χ3v) is 7.34. The molecule has 0 radical (unpaired) electrons. The number of halogens is 1. The molecule has 28 heavy (non-hydrogen) atoms. The molecule has 0 saturated heterocycles. The summed E-state index contributed by atoms with van der Waals surface area (Å²) in [4.78, 5) is 14.8. The molecule has 1 aromatic carbocycles. The maximum Gasteiger partial charge on any atom is 0.224 e. The molecule has 4 saturated carbocycles. The Morgan fingerprint density at radius 3 is 2.64 bits per heavy atom. The Kier molecular flexibility index (Phi) is 4.06. The number of aromatic nitrogens is 4. The van der Waals surface area contributed by atoms with Crippen LogP contribution in [0.1, 0.15) is 56.3 Å². The standard InChI is InChI=1S/C21H26ClN5O/c1-13-3-4-18(17(22)5-13)23-19(28)11-20-7-15-6-16(8-20)10-21(9-15,12-20)27-25-14(2)24-26-27/h3-5,15-16H,6-12H2,1-2H3,(H,23,28)/t15-,16+,20?,21?. The molecular weight excluding hydrogens is 374 g/mol. The summed E-state index contributed by atoms with van der Waals surface area (Å²) in [5.74, 6) is 2.09. The van der Waals surface area contributed by atoms with E-state index in [0.29, 0.717) is 29.0 Å². The molecule has 1 N–H and O–H groups in total. The monoisotopic (exact) mass is 399 g/mol. The fourth-order valence-electron chi connectivity index (χ4n) is 6.58. The Hall–Kier alpha value is -1.95. The lowest BCUT2D eigenvalue weighted by Crippen LogP contribution is -2.57. The van der Waals surface area contributed by atoms with Crippen molar-refractivity contribution < 1.29 is 4.79 Å². The highest BCUT2D eigenvalue weighted by Gasteiger charge is 2.60. The number of rotatable bonds is 4. The van der Waals surface area contributed by atoms with Crippen LogP contribution in [0, 0.1) is 31.1 Å². The number of amides is 1. The van der Waals surface area contributed by atoms with E-state index in [4.69, 9.17) is 11.6 Å². The van der Waals surface area contributed by atoms with Gasteiger partial charge >= 0.3 is 0 Å². The highest BCUT2D eigenvalue weighted by Crippen LogP contribution is 2.65. The summed E-state index contributed by atoms with van der Waals surface area (Å²) < 4.78 is 0. The van der Waals surface area contributed by atoms with Crippen LogP contribution in [-0.4, -0.2) is 26.1 Å². The third-order valence-electron chi connectivity index (χ3n) is 7.02. The molecule has 1 amide bonds. The lowest BCUT2D eigenvalue weighted by atomic mass is 9.46. The van der Waals surface area contributed by atoms with Gasteiger partial charge in [-0.15, -0.1) is 10.2 Å². The van der Waals surface area contributed by atoms with Crippen molar-refractivity contribution in [2.24, 2.45) is 17.3 Å². The van der Waals surface area contributed by atoms with E-state index in [2.05, 4.69) is 20.7 Å². The van der Waals surface area contributed by atoms with E-state index in [-0.39, 0.29) is 16.9 Å². The van der Waals surface area contributed by atoms with Gasteiger partial charge < -0.3 is 5.32 Å². The number of hydrogen-bond donors (Lipinski definition) is 1. The summed E-state index contributed by atoms with van der Waals surface area (Å²) in [6.45, 7) is 3.88. The molecule has 148 valence electrons. The van der Waals surface area contributed by atoms with Crippen molar-refractivity contribution in [2.45, 2.75) is 64.3 Å². The normalized spacial score (nSPS) is 33.2. The van der Waals surface area contributed by atoms with E-state index in [0.717, 1.165) is 43.5 Å². The Morgan fingerprint density at radius 2 is 2.00 bits per heavy atom. The van der Waals surface area contributed by atoms with Crippen molar-refractivity contribution in [2.75, 3.05) is 5.32 Å². The fourth-order valence-corrected chi connectivity index (χ4v) is 6.87. The Morgan fingerprint density at radius 1 is 1.25 bits per heavy atom. The van der Waals surface area contributed by atoms with Gasteiger partial charge in [-0.25, -0.2) is 0 Å². The molecular formula is C21H26ClN5O. The highest BCUT2D eigenvalue weighted by atomic mass is 35.5. The zero-order valence-electron chi connectivity index (χ0n) is 16.4. The summed E-state index contributed by atoms with van der Waals surface area (Å²) in [6, 6.07) is 5.74. The molecule has 6 rings (SSSR count). The van der Waals surface area contributed by atoms with Gasteiger partial charge in [0.1, 0.15) is 0 Å². The van der Waals surface area contributed by atoms with Gasteiger partial charge in [-0.1, -0.05) is 17.7 Å². The van der Waals surface area contributed by atoms with Gasteiger partial charge in [0, 0.05) is 6.42 Å². The van der Waals surface area contributed by atoms with Crippen LogP contribution in [0.3, 0.4) is 0 Å². The Bertz CT molecular complexity index is 925. The maximum atomic E-state index is 13.0. The number of carbonyl (C=O) groups is 1. The lowest BCUT2D eigenvalue weighted by molar-refractivity contribution is -0.135. The third kappa shape index (κ3) is 3.02. The van der Waals surface area contributed by atoms with Crippen molar-refractivity contribution >= 4 is 23.2 Å². The summed E-state index contributed by atoms with van der Waals surface area (Å²) >= 11 is 6.31. The van der Waals surface area contributed by atoms with Crippen LogP contribution >= 0.6 is 11.6 Å². The van der Waals surface area contributed by atoms with Crippen molar-refractivity contribution in [1.82, 2.24) is 20.2 Å². The smallest absolute Gasteiger partial charge is 0.224 e. The van der Waals surface area contributed by atoms with Gasteiger partial charge in [-0.3, -0.25) is 4.79 Å². The molecule has 4 fully saturated rings. The first-order valence-electron chi connectivity index (χ1n) is 10.2. The molecule has 2 aromatic rings. The first kappa shape index (κ1) is 18.1. The molecule has 0 spiro atoms. The van der Waals surface area contributed by atoms with Crippen molar-refractivity contribution in [1.29, 1.82) is 0 Å². The van der Waals surface area contributed by atoms with E-state index in [1.165, 1.54) is 6.42 Å². The Balaban J connectivity index is 1.38. The second-order valence-electron chi connectivity index (χ2n) is 9.52. The summed E-state index contributed by atoms with van der Waals surface area (Å²) in [7, 11) is 0. The predicted octanol–water partition coefficient (Wildman–Crippen LogP) is 4.27. The number of anilines is 1. The van der Waals surface area contributed by atoms with E-state index in [9.17, 15) is 4.79 Å².